The Morgan fingerprint density at radius 1 is 1.36 bits per heavy atom. The molecule has 2 atom stereocenters. The van der Waals surface area contributed by atoms with Crippen LogP contribution >= 0.6 is 23.7 Å². The average Bonchev–Trinajstić information content (AvgIpc) is 3.13. The van der Waals surface area contributed by atoms with Crippen LogP contribution in [0.4, 0.5) is 0 Å². The minimum atomic E-state index is -0.317. The van der Waals surface area contributed by atoms with E-state index in [1.54, 1.807) is 0 Å². The SMILES string of the molecule is Cl.NC[C@H]1CC[C@@H](C(=O)NCCc2nc3c(s2)CCCC3)O1. The predicted molar refractivity (Wildman–Crippen MR) is 89.7 cm³/mol. The summed E-state index contributed by atoms with van der Waals surface area (Å²) in [7, 11) is 0. The van der Waals surface area contributed by atoms with Crippen LogP contribution in [0.25, 0.3) is 0 Å². The fourth-order valence-electron chi connectivity index (χ4n) is 2.99. The molecule has 0 radical (unpaired) electrons. The number of hydrogen-bond acceptors (Lipinski definition) is 5. The minimum Gasteiger partial charge on any atom is -0.364 e. The third kappa shape index (κ3) is 4.19. The van der Waals surface area contributed by atoms with Crippen molar-refractivity contribution in [1.29, 1.82) is 0 Å². The lowest BCUT2D eigenvalue weighted by Crippen LogP contribution is -2.36. The largest absolute Gasteiger partial charge is 0.364 e. The van der Waals surface area contributed by atoms with Gasteiger partial charge in [0.1, 0.15) is 6.10 Å². The average molecular weight is 346 g/mol. The van der Waals surface area contributed by atoms with Crippen LogP contribution in [-0.4, -0.2) is 36.2 Å². The number of fused-ring (bicyclic) bond motifs is 1. The standard InChI is InChI=1S/C15H23N3O2S.ClH/c16-9-10-5-6-12(20-10)15(19)17-8-7-14-18-11-3-1-2-4-13(11)21-14;/h10,12H,1-9,16H2,(H,17,19);1H/t10-,12+;/m1./s1. The zero-order valence-corrected chi connectivity index (χ0v) is 14.3. The summed E-state index contributed by atoms with van der Waals surface area (Å²) in [6.07, 6.45) is 7.05. The molecule has 2 aliphatic rings. The van der Waals surface area contributed by atoms with E-state index in [4.69, 9.17) is 10.5 Å². The highest BCUT2D eigenvalue weighted by atomic mass is 35.5. The maximum absolute atomic E-state index is 12.0. The highest BCUT2D eigenvalue weighted by molar-refractivity contribution is 7.11. The summed E-state index contributed by atoms with van der Waals surface area (Å²) in [6, 6.07) is 0. The van der Waals surface area contributed by atoms with Crippen molar-refractivity contribution in [2.24, 2.45) is 5.73 Å². The maximum atomic E-state index is 12.0. The van der Waals surface area contributed by atoms with Gasteiger partial charge in [-0.3, -0.25) is 4.79 Å². The van der Waals surface area contributed by atoms with Gasteiger partial charge in [-0.15, -0.1) is 23.7 Å². The van der Waals surface area contributed by atoms with Crippen molar-refractivity contribution in [1.82, 2.24) is 10.3 Å². The molecular weight excluding hydrogens is 322 g/mol. The van der Waals surface area contributed by atoms with E-state index in [1.165, 1.54) is 29.8 Å². The highest BCUT2D eigenvalue weighted by Gasteiger charge is 2.29. The Morgan fingerprint density at radius 3 is 2.91 bits per heavy atom. The number of amides is 1. The van der Waals surface area contributed by atoms with Gasteiger partial charge in [-0.25, -0.2) is 4.98 Å². The van der Waals surface area contributed by atoms with Crippen molar-refractivity contribution in [2.45, 2.75) is 57.2 Å². The van der Waals surface area contributed by atoms with Crippen LogP contribution in [0.1, 0.15) is 41.3 Å². The molecule has 1 amide bonds. The number of aromatic nitrogens is 1. The third-order valence-corrected chi connectivity index (χ3v) is 5.41. The van der Waals surface area contributed by atoms with E-state index in [-0.39, 0.29) is 30.5 Å². The van der Waals surface area contributed by atoms with E-state index < -0.39 is 0 Å². The molecule has 1 saturated heterocycles. The fraction of sp³-hybridized carbons (Fsp3) is 0.733. The first-order chi connectivity index (χ1) is 10.3. The molecular formula is C15H24ClN3O2S. The molecule has 1 aromatic heterocycles. The van der Waals surface area contributed by atoms with Crippen LogP contribution in [0, 0.1) is 0 Å². The fourth-order valence-corrected chi connectivity index (χ4v) is 4.15. The molecule has 124 valence electrons. The van der Waals surface area contributed by atoms with Crippen LogP contribution in [0.5, 0.6) is 0 Å². The molecule has 3 N–H and O–H groups in total. The normalized spacial score (nSPS) is 23.7. The number of thiazole rings is 1. The summed E-state index contributed by atoms with van der Waals surface area (Å²) in [6.45, 7) is 1.13. The summed E-state index contributed by atoms with van der Waals surface area (Å²) >= 11 is 1.81. The third-order valence-electron chi connectivity index (χ3n) is 4.19. The maximum Gasteiger partial charge on any atom is 0.249 e. The molecule has 1 aliphatic heterocycles. The van der Waals surface area contributed by atoms with Crippen molar-refractivity contribution < 1.29 is 9.53 Å². The van der Waals surface area contributed by atoms with Crippen molar-refractivity contribution in [3.8, 4) is 0 Å². The van der Waals surface area contributed by atoms with Gasteiger partial charge >= 0.3 is 0 Å². The van der Waals surface area contributed by atoms with Gasteiger partial charge in [-0.05, 0) is 38.5 Å². The summed E-state index contributed by atoms with van der Waals surface area (Å²) in [5.74, 6) is -0.00716. The number of ether oxygens (including phenoxy) is 1. The summed E-state index contributed by atoms with van der Waals surface area (Å²) < 4.78 is 5.59. The molecule has 0 spiro atoms. The lowest BCUT2D eigenvalue weighted by atomic mass is 10.0. The Bertz CT molecular complexity index is 485. The van der Waals surface area contributed by atoms with Gasteiger partial charge in [-0.2, -0.15) is 0 Å². The number of nitrogens with two attached hydrogens (primary N) is 1. The molecule has 0 aromatic carbocycles. The first-order valence-corrected chi connectivity index (χ1v) is 8.68. The van der Waals surface area contributed by atoms with Crippen LogP contribution in [-0.2, 0) is 28.8 Å². The van der Waals surface area contributed by atoms with E-state index in [1.807, 2.05) is 11.3 Å². The van der Waals surface area contributed by atoms with Gasteiger partial charge in [0.2, 0.25) is 5.91 Å². The second-order valence-electron chi connectivity index (χ2n) is 5.79. The Labute approximate surface area is 141 Å². The second kappa shape index (κ2) is 8.24. The number of halogens is 1. The molecule has 3 rings (SSSR count). The highest BCUT2D eigenvalue weighted by Crippen LogP contribution is 2.26. The number of hydrogen-bond donors (Lipinski definition) is 2. The van der Waals surface area contributed by atoms with Gasteiger partial charge in [0.15, 0.2) is 0 Å². The van der Waals surface area contributed by atoms with Gasteiger partial charge in [0, 0.05) is 24.4 Å². The van der Waals surface area contributed by atoms with E-state index in [0.717, 1.165) is 30.7 Å². The molecule has 0 unspecified atom stereocenters. The quantitative estimate of drug-likeness (QED) is 0.850. The van der Waals surface area contributed by atoms with Crippen LogP contribution in [0.3, 0.4) is 0 Å². The van der Waals surface area contributed by atoms with E-state index in [0.29, 0.717) is 13.1 Å². The van der Waals surface area contributed by atoms with Gasteiger partial charge in [-0.1, -0.05) is 0 Å². The summed E-state index contributed by atoms with van der Waals surface area (Å²) in [5.41, 5.74) is 6.85. The number of carbonyl (C=O) groups excluding carboxylic acids is 1. The Hall–Kier alpha value is -0.690. The van der Waals surface area contributed by atoms with Crippen molar-refractivity contribution in [2.75, 3.05) is 13.1 Å². The number of nitrogens with zero attached hydrogens (tertiary/aromatic N) is 1. The van der Waals surface area contributed by atoms with Crippen LogP contribution < -0.4 is 11.1 Å². The molecule has 0 saturated carbocycles. The molecule has 5 nitrogen and oxygen atoms in total. The molecule has 1 aliphatic carbocycles. The summed E-state index contributed by atoms with van der Waals surface area (Å²) in [5, 5.41) is 4.11. The minimum absolute atomic E-state index is 0. The van der Waals surface area contributed by atoms with Gasteiger partial charge in [0.05, 0.1) is 16.8 Å². The van der Waals surface area contributed by atoms with Crippen molar-refractivity contribution >= 4 is 29.7 Å². The molecule has 22 heavy (non-hydrogen) atoms. The molecule has 2 heterocycles. The Kier molecular flexibility index (Phi) is 6.62. The lowest BCUT2D eigenvalue weighted by Gasteiger charge is -2.12. The zero-order valence-electron chi connectivity index (χ0n) is 12.7. The molecule has 0 bridgehead atoms. The number of carbonyl (C=O) groups is 1. The molecule has 1 fully saturated rings. The number of rotatable bonds is 5. The van der Waals surface area contributed by atoms with E-state index >= 15 is 0 Å². The van der Waals surface area contributed by atoms with Crippen LogP contribution in [0.2, 0.25) is 0 Å². The van der Waals surface area contributed by atoms with E-state index in [2.05, 4.69) is 10.3 Å². The monoisotopic (exact) mass is 345 g/mol. The van der Waals surface area contributed by atoms with Gasteiger partial charge < -0.3 is 15.8 Å². The number of aryl methyl sites for hydroxylation is 2. The Balaban J connectivity index is 0.00000176. The van der Waals surface area contributed by atoms with Crippen LogP contribution in [0.15, 0.2) is 0 Å². The van der Waals surface area contributed by atoms with Crippen molar-refractivity contribution in [3.05, 3.63) is 15.6 Å². The van der Waals surface area contributed by atoms with E-state index in [9.17, 15) is 4.79 Å². The number of nitrogens with one attached hydrogen (secondary N) is 1. The lowest BCUT2D eigenvalue weighted by molar-refractivity contribution is -0.131. The molecule has 7 heteroatoms. The second-order valence-corrected chi connectivity index (χ2v) is 6.95. The first-order valence-electron chi connectivity index (χ1n) is 7.87. The Morgan fingerprint density at radius 2 is 2.18 bits per heavy atom. The first kappa shape index (κ1) is 17.7. The van der Waals surface area contributed by atoms with Gasteiger partial charge in [0.25, 0.3) is 0 Å². The van der Waals surface area contributed by atoms with Crippen molar-refractivity contribution in [3.63, 3.8) is 0 Å². The molecule has 1 aromatic rings. The smallest absolute Gasteiger partial charge is 0.249 e. The summed E-state index contributed by atoms with van der Waals surface area (Å²) in [4.78, 5) is 18.1. The zero-order chi connectivity index (χ0) is 14.7. The predicted octanol–water partition coefficient (Wildman–Crippen LogP) is 1.61. The topological polar surface area (TPSA) is 77.2 Å².